The molecule has 0 aliphatic rings. The van der Waals surface area contributed by atoms with Crippen molar-refractivity contribution in [2.75, 3.05) is 0 Å². The largest absolute Gasteiger partial charge is 0.524 e. The van der Waals surface area contributed by atoms with Crippen molar-refractivity contribution in [1.82, 2.24) is 10.6 Å². The van der Waals surface area contributed by atoms with E-state index in [1.165, 1.54) is 72.8 Å². The zero-order valence-electron chi connectivity index (χ0n) is 18.4. The Balaban J connectivity index is 1.70. The van der Waals surface area contributed by atoms with Gasteiger partial charge in [-0.15, -0.1) is 0 Å². The highest BCUT2D eigenvalue weighted by atomic mass is 31.2. The molecule has 3 aromatic rings. The summed E-state index contributed by atoms with van der Waals surface area (Å²) in [4.78, 5) is 43.3. The quantitative estimate of drug-likeness (QED) is 0.315. The Morgan fingerprint density at radius 1 is 0.829 bits per heavy atom. The molecule has 0 bridgehead atoms. The number of benzene rings is 3. The second kappa shape index (κ2) is 11.7. The summed E-state index contributed by atoms with van der Waals surface area (Å²) < 4.78 is 41.7. The molecule has 0 saturated carbocycles. The Morgan fingerprint density at radius 3 is 1.89 bits per heavy atom. The van der Waals surface area contributed by atoms with Crippen molar-refractivity contribution >= 4 is 19.6 Å². The minimum atomic E-state index is -4.71. The summed E-state index contributed by atoms with van der Waals surface area (Å²) in [6, 6.07) is 15.7. The van der Waals surface area contributed by atoms with E-state index in [0.717, 1.165) is 0 Å². The first kappa shape index (κ1) is 26.0. The molecular weight excluding hydrogens is 481 g/mol. The Hall–Kier alpha value is -3.59. The molecule has 0 radical (unpaired) electrons. The van der Waals surface area contributed by atoms with Gasteiger partial charge < -0.3 is 15.2 Å². The van der Waals surface area contributed by atoms with Crippen LogP contribution in [0, 0.1) is 11.6 Å². The molecule has 35 heavy (non-hydrogen) atoms. The van der Waals surface area contributed by atoms with Gasteiger partial charge >= 0.3 is 7.82 Å². The lowest BCUT2D eigenvalue weighted by molar-refractivity contribution is -0.128. The maximum absolute atomic E-state index is 13.1. The van der Waals surface area contributed by atoms with Gasteiger partial charge in [-0.25, -0.2) is 13.3 Å². The summed E-state index contributed by atoms with van der Waals surface area (Å²) in [5.41, 5.74) is 1.82. The van der Waals surface area contributed by atoms with Gasteiger partial charge in [-0.1, -0.05) is 36.4 Å². The summed E-state index contributed by atoms with van der Waals surface area (Å²) in [5, 5.41) is 5.37. The third kappa shape index (κ3) is 8.94. The summed E-state index contributed by atoms with van der Waals surface area (Å²) in [6.45, 7) is 0.110. The minimum Gasteiger partial charge on any atom is -0.404 e. The van der Waals surface area contributed by atoms with Gasteiger partial charge in [-0.05, 0) is 53.1 Å². The van der Waals surface area contributed by atoms with Crippen LogP contribution in [0.15, 0.2) is 72.8 Å². The first-order valence-electron chi connectivity index (χ1n) is 10.5. The van der Waals surface area contributed by atoms with Crippen molar-refractivity contribution in [2.24, 2.45) is 0 Å². The number of carbonyl (C=O) groups is 2. The van der Waals surface area contributed by atoms with Gasteiger partial charge in [0.05, 0.1) is 6.42 Å². The molecule has 3 aromatic carbocycles. The SMILES string of the molecule is O=C(Cc1ccc(F)cc1)N[C@@H](Cc1ccc(OP(=O)(O)O)cc1)C(=O)NCc1ccc(F)cc1. The van der Waals surface area contributed by atoms with Crippen molar-refractivity contribution in [2.45, 2.75) is 25.4 Å². The maximum atomic E-state index is 13.1. The van der Waals surface area contributed by atoms with Crippen molar-refractivity contribution in [3.63, 3.8) is 0 Å². The summed E-state index contributed by atoms with van der Waals surface area (Å²) >= 11 is 0. The zero-order chi connectivity index (χ0) is 25.4. The summed E-state index contributed by atoms with van der Waals surface area (Å²) in [6.07, 6.45) is -0.00230. The average Bonchev–Trinajstić information content (AvgIpc) is 2.80. The van der Waals surface area contributed by atoms with Gasteiger partial charge in [0, 0.05) is 13.0 Å². The second-order valence-electron chi connectivity index (χ2n) is 7.70. The van der Waals surface area contributed by atoms with Crippen LogP contribution in [0.25, 0.3) is 0 Å². The van der Waals surface area contributed by atoms with Crippen LogP contribution in [-0.2, 0) is 33.5 Å². The number of phosphoric acid groups is 1. The molecule has 8 nitrogen and oxygen atoms in total. The Kier molecular flexibility index (Phi) is 8.70. The van der Waals surface area contributed by atoms with Crippen LogP contribution >= 0.6 is 7.82 Å². The van der Waals surface area contributed by atoms with Crippen molar-refractivity contribution in [1.29, 1.82) is 0 Å². The lowest BCUT2D eigenvalue weighted by atomic mass is 10.0. The molecular formula is C24H23F2N2O6P. The van der Waals surface area contributed by atoms with E-state index in [1.54, 1.807) is 0 Å². The van der Waals surface area contributed by atoms with Gasteiger partial charge in [0.15, 0.2) is 0 Å². The lowest BCUT2D eigenvalue weighted by Gasteiger charge is -2.19. The fraction of sp³-hybridized carbons (Fsp3) is 0.167. The first-order valence-corrected chi connectivity index (χ1v) is 12.0. The molecule has 0 aromatic heterocycles. The molecule has 0 heterocycles. The fourth-order valence-electron chi connectivity index (χ4n) is 3.22. The van der Waals surface area contributed by atoms with Crippen molar-refractivity contribution in [3.05, 3.63) is 101 Å². The van der Waals surface area contributed by atoms with Crippen LogP contribution in [0.3, 0.4) is 0 Å². The molecule has 2 amide bonds. The topological polar surface area (TPSA) is 125 Å². The number of carbonyl (C=O) groups excluding carboxylic acids is 2. The molecule has 0 aliphatic carbocycles. The van der Waals surface area contributed by atoms with Crippen molar-refractivity contribution in [3.8, 4) is 5.75 Å². The third-order valence-corrected chi connectivity index (χ3v) is 5.35. The van der Waals surface area contributed by atoms with E-state index >= 15 is 0 Å². The second-order valence-corrected chi connectivity index (χ2v) is 8.86. The smallest absolute Gasteiger partial charge is 0.404 e. The van der Waals surface area contributed by atoms with Crippen LogP contribution in [-0.4, -0.2) is 27.6 Å². The summed E-state index contributed by atoms with van der Waals surface area (Å²) in [5.74, 6) is -1.84. The van der Waals surface area contributed by atoms with E-state index in [9.17, 15) is 22.9 Å². The first-order chi connectivity index (χ1) is 16.6. The molecule has 0 spiro atoms. The Bertz CT molecular complexity index is 1200. The molecule has 0 saturated heterocycles. The number of halogens is 2. The van der Waals surface area contributed by atoms with Gasteiger partial charge in [0.1, 0.15) is 23.4 Å². The molecule has 11 heteroatoms. The third-order valence-electron chi connectivity index (χ3n) is 4.90. The maximum Gasteiger partial charge on any atom is 0.524 e. The van der Waals surface area contributed by atoms with E-state index in [2.05, 4.69) is 15.2 Å². The van der Waals surface area contributed by atoms with Crippen LogP contribution in [0.1, 0.15) is 16.7 Å². The van der Waals surface area contributed by atoms with E-state index in [1.807, 2.05) is 0 Å². The van der Waals surface area contributed by atoms with Crippen LogP contribution in [0.5, 0.6) is 5.75 Å². The van der Waals surface area contributed by atoms with Gasteiger partial charge in [-0.2, -0.15) is 0 Å². The molecule has 0 fully saturated rings. The van der Waals surface area contributed by atoms with Crippen LogP contribution < -0.4 is 15.2 Å². The molecule has 184 valence electrons. The Labute approximate surface area is 200 Å². The highest BCUT2D eigenvalue weighted by Gasteiger charge is 2.22. The predicted molar refractivity (Wildman–Crippen MR) is 123 cm³/mol. The molecule has 0 unspecified atom stereocenters. The predicted octanol–water partition coefficient (Wildman–Crippen LogP) is 3.02. The number of hydrogen-bond acceptors (Lipinski definition) is 4. The summed E-state index contributed by atoms with van der Waals surface area (Å²) in [7, 11) is -4.71. The van der Waals surface area contributed by atoms with Gasteiger partial charge in [-0.3, -0.25) is 19.4 Å². The average molecular weight is 504 g/mol. The Morgan fingerprint density at radius 2 is 1.34 bits per heavy atom. The van der Waals surface area contributed by atoms with Gasteiger partial charge in [0.25, 0.3) is 0 Å². The molecule has 0 aliphatic heterocycles. The van der Waals surface area contributed by atoms with Gasteiger partial charge in [0.2, 0.25) is 11.8 Å². The van der Waals surface area contributed by atoms with Crippen LogP contribution in [0.4, 0.5) is 8.78 Å². The fourth-order valence-corrected chi connectivity index (χ4v) is 3.61. The van der Waals surface area contributed by atoms with E-state index in [-0.39, 0.29) is 25.1 Å². The molecule has 3 rings (SSSR count). The minimum absolute atomic E-state index is 0.0558. The van der Waals surface area contributed by atoms with E-state index in [4.69, 9.17) is 9.79 Å². The molecule has 4 N–H and O–H groups in total. The van der Waals surface area contributed by atoms with Crippen LogP contribution in [0.2, 0.25) is 0 Å². The monoisotopic (exact) mass is 504 g/mol. The number of hydrogen-bond donors (Lipinski definition) is 4. The highest BCUT2D eigenvalue weighted by molar-refractivity contribution is 7.46. The van der Waals surface area contributed by atoms with Crippen molar-refractivity contribution < 1.29 is 37.2 Å². The zero-order valence-corrected chi connectivity index (χ0v) is 19.3. The molecule has 1 atom stereocenters. The number of nitrogens with one attached hydrogen (secondary N) is 2. The normalized spacial score (nSPS) is 12.0. The number of rotatable bonds is 10. The van der Waals surface area contributed by atoms with E-state index < -0.39 is 37.3 Å². The number of phosphoric ester groups is 1. The highest BCUT2D eigenvalue weighted by Crippen LogP contribution is 2.37. The standard InChI is InChI=1S/C24H23F2N2O6P/c25-19-7-1-17(2-8-19)14-23(29)28-22(24(30)27-15-18-3-9-20(26)10-4-18)13-16-5-11-21(12-6-16)34-35(31,32)33/h1-12,22H,13-15H2,(H,27,30)(H,28,29)(H2,31,32,33)/t22-/m0/s1. The lowest BCUT2D eigenvalue weighted by Crippen LogP contribution is -2.48. The van der Waals surface area contributed by atoms with E-state index in [0.29, 0.717) is 16.7 Å². The number of amides is 2.